The maximum atomic E-state index is 2.25. The summed E-state index contributed by atoms with van der Waals surface area (Å²) in [5.74, 6) is 0. The summed E-state index contributed by atoms with van der Waals surface area (Å²) in [6, 6.07) is 0. The van der Waals surface area contributed by atoms with Crippen LogP contribution in [0.25, 0.3) is 0 Å². The second-order valence-corrected chi connectivity index (χ2v) is 3.46. The monoisotopic (exact) mass is 187 g/mol. The third-order valence-corrected chi connectivity index (χ3v) is 2.18. The Hall–Kier alpha value is -1.04. The van der Waals surface area contributed by atoms with Crippen molar-refractivity contribution in [3.8, 4) is 0 Å². The zero-order valence-electron chi connectivity index (χ0n) is 8.73. The SMILES string of the molecule is [CH]1/C=C/C=C\CCCCC/C=C\C=C\1. The first-order valence-electron chi connectivity index (χ1n) is 5.48. The van der Waals surface area contributed by atoms with Crippen LogP contribution in [-0.4, -0.2) is 0 Å². The van der Waals surface area contributed by atoms with E-state index in [0.717, 1.165) is 0 Å². The molecule has 0 saturated carbocycles. The molecule has 75 valence electrons. The van der Waals surface area contributed by atoms with Gasteiger partial charge in [0.2, 0.25) is 0 Å². The molecule has 14 heavy (non-hydrogen) atoms. The van der Waals surface area contributed by atoms with Crippen LogP contribution >= 0.6 is 0 Å². The fraction of sp³-hybridized carbons (Fsp3) is 0.357. The summed E-state index contributed by atoms with van der Waals surface area (Å²) >= 11 is 0. The Morgan fingerprint density at radius 2 is 1.07 bits per heavy atom. The van der Waals surface area contributed by atoms with Crippen LogP contribution in [0.1, 0.15) is 32.1 Å². The largest absolute Gasteiger partial charge is 0.0845 e. The van der Waals surface area contributed by atoms with Gasteiger partial charge in [-0.3, -0.25) is 0 Å². The molecule has 1 aliphatic carbocycles. The van der Waals surface area contributed by atoms with Gasteiger partial charge in [-0.2, -0.15) is 0 Å². The predicted octanol–water partition coefficient (Wildman–Crippen LogP) is 4.38. The molecule has 0 saturated heterocycles. The van der Waals surface area contributed by atoms with Crippen LogP contribution in [0.5, 0.6) is 0 Å². The Bertz CT molecular complexity index is 204. The van der Waals surface area contributed by atoms with Crippen molar-refractivity contribution in [1.82, 2.24) is 0 Å². The normalized spacial score (nSPS) is 28.6. The van der Waals surface area contributed by atoms with Crippen LogP contribution in [0.15, 0.2) is 48.6 Å². The molecule has 1 aliphatic rings. The standard InChI is InChI=1S/C14H19/c1-2-4-6-8-10-12-14-13-11-9-7-5-3-1/h1-9H,10-14H2/b4-2+,5-3+,8-6-,9-7-. The van der Waals surface area contributed by atoms with Gasteiger partial charge in [-0.15, -0.1) is 0 Å². The van der Waals surface area contributed by atoms with E-state index in [2.05, 4.69) is 55.0 Å². The Morgan fingerprint density at radius 1 is 0.500 bits per heavy atom. The number of rotatable bonds is 0. The molecule has 0 unspecified atom stereocenters. The minimum atomic E-state index is 1.21. The van der Waals surface area contributed by atoms with E-state index in [0.29, 0.717) is 0 Å². The van der Waals surface area contributed by atoms with Crippen molar-refractivity contribution in [2.75, 3.05) is 0 Å². The Morgan fingerprint density at radius 3 is 1.64 bits per heavy atom. The average Bonchev–Trinajstić information content (AvgIpc) is 2.22. The topological polar surface area (TPSA) is 0 Å². The van der Waals surface area contributed by atoms with Crippen LogP contribution in [0.4, 0.5) is 0 Å². The number of hydrogen-bond acceptors (Lipinski definition) is 0. The third-order valence-electron chi connectivity index (χ3n) is 2.18. The van der Waals surface area contributed by atoms with E-state index in [1.807, 2.05) is 0 Å². The van der Waals surface area contributed by atoms with Crippen LogP contribution in [0.3, 0.4) is 0 Å². The first-order chi connectivity index (χ1) is 7.00. The van der Waals surface area contributed by atoms with Crippen LogP contribution in [-0.2, 0) is 0 Å². The summed E-state index contributed by atoms with van der Waals surface area (Å²) in [4.78, 5) is 0. The molecule has 0 heterocycles. The van der Waals surface area contributed by atoms with Gasteiger partial charge in [0.25, 0.3) is 0 Å². The van der Waals surface area contributed by atoms with Crippen LogP contribution in [0.2, 0.25) is 0 Å². The Kier molecular flexibility index (Phi) is 6.74. The van der Waals surface area contributed by atoms with Crippen molar-refractivity contribution in [3.63, 3.8) is 0 Å². The fourth-order valence-electron chi connectivity index (χ4n) is 1.37. The molecule has 0 nitrogen and oxygen atoms in total. The highest BCUT2D eigenvalue weighted by molar-refractivity contribution is 5.17. The molecular weight excluding hydrogens is 168 g/mol. The lowest BCUT2D eigenvalue weighted by Gasteiger charge is -1.94. The van der Waals surface area contributed by atoms with E-state index in [4.69, 9.17) is 0 Å². The predicted molar refractivity (Wildman–Crippen MR) is 63.9 cm³/mol. The van der Waals surface area contributed by atoms with Gasteiger partial charge in [0.1, 0.15) is 0 Å². The third kappa shape index (κ3) is 6.47. The average molecular weight is 187 g/mol. The second kappa shape index (κ2) is 8.55. The summed E-state index contributed by atoms with van der Waals surface area (Å²) in [5, 5.41) is 0. The van der Waals surface area contributed by atoms with Gasteiger partial charge in [0.05, 0.1) is 0 Å². The van der Waals surface area contributed by atoms with E-state index in [9.17, 15) is 0 Å². The van der Waals surface area contributed by atoms with Gasteiger partial charge in [-0.25, -0.2) is 0 Å². The van der Waals surface area contributed by atoms with Crippen molar-refractivity contribution >= 4 is 0 Å². The molecular formula is C14H19. The Labute approximate surface area is 87.7 Å². The van der Waals surface area contributed by atoms with E-state index in [1.165, 1.54) is 32.1 Å². The van der Waals surface area contributed by atoms with Gasteiger partial charge in [0, 0.05) is 6.42 Å². The fourth-order valence-corrected chi connectivity index (χ4v) is 1.37. The molecule has 0 aromatic heterocycles. The second-order valence-electron chi connectivity index (χ2n) is 3.46. The number of hydrogen-bond donors (Lipinski definition) is 0. The van der Waals surface area contributed by atoms with Crippen molar-refractivity contribution in [1.29, 1.82) is 0 Å². The summed E-state index contributed by atoms with van der Waals surface area (Å²) in [6.07, 6.45) is 25.5. The molecule has 0 atom stereocenters. The van der Waals surface area contributed by atoms with Gasteiger partial charge in [0.15, 0.2) is 0 Å². The summed E-state index contributed by atoms with van der Waals surface area (Å²) in [6.45, 7) is 0. The van der Waals surface area contributed by atoms with E-state index in [-0.39, 0.29) is 0 Å². The van der Waals surface area contributed by atoms with Crippen molar-refractivity contribution in [2.45, 2.75) is 32.1 Å². The van der Waals surface area contributed by atoms with Crippen molar-refractivity contribution < 1.29 is 0 Å². The molecule has 1 radical (unpaired) electrons. The zero-order valence-corrected chi connectivity index (χ0v) is 8.73. The quantitative estimate of drug-likeness (QED) is 0.528. The molecule has 0 aliphatic heterocycles. The molecule has 0 aromatic carbocycles. The van der Waals surface area contributed by atoms with Crippen LogP contribution in [0, 0.1) is 6.42 Å². The number of allylic oxidation sites excluding steroid dienone is 8. The minimum Gasteiger partial charge on any atom is -0.0845 e. The van der Waals surface area contributed by atoms with Gasteiger partial charge < -0.3 is 0 Å². The highest BCUT2D eigenvalue weighted by Crippen LogP contribution is 2.05. The maximum absolute atomic E-state index is 2.25. The van der Waals surface area contributed by atoms with E-state index < -0.39 is 0 Å². The summed E-state index contributed by atoms with van der Waals surface area (Å²) < 4.78 is 0. The lowest BCUT2D eigenvalue weighted by atomic mass is 10.1. The molecule has 0 bridgehead atoms. The first kappa shape index (κ1) is 11.0. The highest BCUT2D eigenvalue weighted by Gasteiger charge is 1.85. The zero-order chi connectivity index (χ0) is 9.90. The Balaban J connectivity index is 2.35. The van der Waals surface area contributed by atoms with E-state index >= 15 is 0 Å². The molecule has 0 N–H and O–H groups in total. The maximum Gasteiger partial charge on any atom is 0.00506 e. The lowest BCUT2D eigenvalue weighted by Crippen LogP contribution is -1.74. The van der Waals surface area contributed by atoms with Gasteiger partial charge in [-0.05, 0) is 25.7 Å². The molecule has 0 aromatic rings. The first-order valence-corrected chi connectivity index (χ1v) is 5.48. The van der Waals surface area contributed by atoms with Gasteiger partial charge >= 0.3 is 0 Å². The minimum absolute atomic E-state index is 1.21. The molecule has 0 fully saturated rings. The molecule has 1 rings (SSSR count). The highest BCUT2D eigenvalue weighted by atomic mass is 13.9. The van der Waals surface area contributed by atoms with Crippen molar-refractivity contribution in [2.24, 2.45) is 0 Å². The smallest absolute Gasteiger partial charge is 0.00506 e. The summed E-state index contributed by atoms with van der Waals surface area (Å²) in [5.41, 5.74) is 0. The molecule has 0 heteroatoms. The van der Waals surface area contributed by atoms with E-state index in [1.54, 1.807) is 0 Å². The summed E-state index contributed by atoms with van der Waals surface area (Å²) in [7, 11) is 0. The molecule has 0 spiro atoms. The van der Waals surface area contributed by atoms with Crippen LogP contribution < -0.4 is 0 Å². The lowest BCUT2D eigenvalue weighted by molar-refractivity contribution is 0.696. The molecule has 0 amide bonds. The van der Waals surface area contributed by atoms with Crippen molar-refractivity contribution in [3.05, 3.63) is 55.0 Å². The van der Waals surface area contributed by atoms with Gasteiger partial charge in [-0.1, -0.05) is 55.0 Å².